The lowest BCUT2D eigenvalue weighted by Gasteiger charge is -2.31. The minimum absolute atomic E-state index is 0.285. The first kappa shape index (κ1) is 20.4. The maximum Gasteiger partial charge on any atom is 0.169 e. The van der Waals surface area contributed by atoms with Crippen LogP contribution in [-0.2, 0) is 11.3 Å². The van der Waals surface area contributed by atoms with Gasteiger partial charge in [0.1, 0.15) is 5.75 Å². The van der Waals surface area contributed by atoms with Crippen molar-refractivity contribution < 1.29 is 9.47 Å². The fourth-order valence-electron chi connectivity index (χ4n) is 4.11. The standard InChI is InChI=1S/C22H34N2O2S/c1-25-20-12-7-9-18(15-20)16-24(17-21-13-8-14-26-21)22(27)23-19-10-5-3-2-4-6-11-19/h7,9,12,15,19,21H,2-6,8,10-11,13-14,16-17H2,1H3,(H,23,27). The van der Waals surface area contributed by atoms with E-state index in [1.807, 2.05) is 12.1 Å². The molecular weight excluding hydrogens is 356 g/mol. The van der Waals surface area contributed by atoms with Gasteiger partial charge in [0, 0.05) is 25.7 Å². The molecule has 1 saturated carbocycles. The number of ether oxygens (including phenoxy) is 2. The summed E-state index contributed by atoms with van der Waals surface area (Å²) in [5.41, 5.74) is 1.22. The van der Waals surface area contributed by atoms with Crippen molar-refractivity contribution in [3.63, 3.8) is 0 Å². The molecule has 5 heteroatoms. The van der Waals surface area contributed by atoms with E-state index in [1.165, 1.54) is 50.5 Å². The number of hydrogen-bond donors (Lipinski definition) is 1. The zero-order valence-corrected chi connectivity index (χ0v) is 17.4. The molecule has 0 radical (unpaired) electrons. The molecule has 0 spiro atoms. The van der Waals surface area contributed by atoms with Crippen LogP contribution in [0.3, 0.4) is 0 Å². The minimum Gasteiger partial charge on any atom is -0.497 e. The first-order valence-electron chi connectivity index (χ1n) is 10.5. The van der Waals surface area contributed by atoms with E-state index in [1.54, 1.807) is 7.11 Å². The molecule has 1 saturated heterocycles. The Morgan fingerprint density at radius 2 is 1.93 bits per heavy atom. The van der Waals surface area contributed by atoms with Crippen molar-refractivity contribution in [1.29, 1.82) is 0 Å². The molecule has 0 aromatic heterocycles. The van der Waals surface area contributed by atoms with Crippen LogP contribution in [0.5, 0.6) is 5.75 Å². The molecule has 2 fully saturated rings. The van der Waals surface area contributed by atoms with Crippen molar-refractivity contribution >= 4 is 17.3 Å². The molecule has 1 aliphatic heterocycles. The highest BCUT2D eigenvalue weighted by molar-refractivity contribution is 7.80. The highest BCUT2D eigenvalue weighted by Gasteiger charge is 2.23. The summed E-state index contributed by atoms with van der Waals surface area (Å²) in [5, 5.41) is 4.55. The van der Waals surface area contributed by atoms with Gasteiger partial charge in [-0.3, -0.25) is 0 Å². The molecule has 1 aromatic carbocycles. The largest absolute Gasteiger partial charge is 0.497 e. The quantitative estimate of drug-likeness (QED) is 0.714. The molecule has 27 heavy (non-hydrogen) atoms. The van der Waals surface area contributed by atoms with Gasteiger partial charge in [0.2, 0.25) is 0 Å². The van der Waals surface area contributed by atoms with Crippen molar-refractivity contribution in [2.24, 2.45) is 0 Å². The summed E-state index contributed by atoms with van der Waals surface area (Å²) in [4.78, 5) is 2.29. The first-order chi connectivity index (χ1) is 13.2. The van der Waals surface area contributed by atoms with Gasteiger partial charge in [0.25, 0.3) is 0 Å². The van der Waals surface area contributed by atoms with Gasteiger partial charge in [-0.2, -0.15) is 0 Å². The third-order valence-electron chi connectivity index (χ3n) is 5.68. The molecule has 4 nitrogen and oxygen atoms in total. The number of hydrogen-bond acceptors (Lipinski definition) is 3. The topological polar surface area (TPSA) is 33.7 Å². The van der Waals surface area contributed by atoms with E-state index in [2.05, 4.69) is 22.3 Å². The van der Waals surface area contributed by atoms with Gasteiger partial charge < -0.3 is 19.7 Å². The van der Waals surface area contributed by atoms with Crippen molar-refractivity contribution in [2.75, 3.05) is 20.3 Å². The summed E-state index contributed by atoms with van der Waals surface area (Å²) in [7, 11) is 1.71. The SMILES string of the molecule is COc1cccc(CN(CC2CCCO2)C(=S)NC2CCCCCCC2)c1. The van der Waals surface area contributed by atoms with Crippen molar-refractivity contribution in [3.05, 3.63) is 29.8 Å². The summed E-state index contributed by atoms with van der Waals surface area (Å²) < 4.78 is 11.3. The first-order valence-corrected chi connectivity index (χ1v) is 11.0. The number of benzene rings is 1. The molecule has 0 bridgehead atoms. The Hall–Kier alpha value is -1.33. The Balaban J connectivity index is 1.64. The lowest BCUT2D eigenvalue weighted by atomic mass is 9.97. The van der Waals surface area contributed by atoms with E-state index in [4.69, 9.17) is 21.7 Å². The van der Waals surface area contributed by atoms with E-state index in [0.717, 1.165) is 43.4 Å². The highest BCUT2D eigenvalue weighted by atomic mass is 32.1. The van der Waals surface area contributed by atoms with Crippen LogP contribution >= 0.6 is 12.2 Å². The van der Waals surface area contributed by atoms with Crippen LogP contribution in [0.2, 0.25) is 0 Å². The van der Waals surface area contributed by atoms with Crippen molar-refractivity contribution in [3.8, 4) is 5.75 Å². The predicted octanol–water partition coefficient (Wildman–Crippen LogP) is 4.66. The van der Waals surface area contributed by atoms with Gasteiger partial charge in [-0.1, -0.05) is 44.2 Å². The number of nitrogens with one attached hydrogen (secondary N) is 1. The molecule has 150 valence electrons. The number of methoxy groups -OCH3 is 1. The fourth-order valence-corrected chi connectivity index (χ4v) is 4.42. The Kier molecular flexibility index (Phi) is 8.21. The second-order valence-corrected chi connectivity index (χ2v) is 8.25. The van der Waals surface area contributed by atoms with Gasteiger partial charge >= 0.3 is 0 Å². The predicted molar refractivity (Wildman–Crippen MR) is 114 cm³/mol. The fraction of sp³-hybridized carbons (Fsp3) is 0.682. The Labute approximate surface area is 169 Å². The average molecular weight is 391 g/mol. The Morgan fingerprint density at radius 1 is 1.15 bits per heavy atom. The van der Waals surface area contributed by atoms with Crippen LogP contribution in [0.15, 0.2) is 24.3 Å². The Bertz CT molecular complexity index is 581. The number of thiocarbonyl (C=S) groups is 1. The van der Waals surface area contributed by atoms with Crippen LogP contribution in [0.4, 0.5) is 0 Å². The van der Waals surface area contributed by atoms with Gasteiger partial charge in [-0.25, -0.2) is 0 Å². The maximum atomic E-state index is 5.89. The smallest absolute Gasteiger partial charge is 0.169 e. The van der Waals surface area contributed by atoms with E-state index >= 15 is 0 Å². The lowest BCUT2D eigenvalue weighted by Crippen LogP contribution is -2.47. The summed E-state index contributed by atoms with van der Waals surface area (Å²) >= 11 is 5.86. The molecule has 1 heterocycles. The van der Waals surface area contributed by atoms with Crippen LogP contribution < -0.4 is 10.1 Å². The van der Waals surface area contributed by atoms with Gasteiger partial charge in [0.05, 0.1) is 13.2 Å². The van der Waals surface area contributed by atoms with Crippen molar-refractivity contribution in [2.45, 2.75) is 76.5 Å². The molecule has 1 aromatic rings. The zero-order valence-electron chi connectivity index (χ0n) is 16.6. The molecule has 1 N–H and O–H groups in total. The van der Waals surface area contributed by atoms with Gasteiger partial charge in [0.15, 0.2) is 5.11 Å². The number of nitrogens with zero attached hydrogens (tertiary/aromatic N) is 1. The summed E-state index contributed by atoms with van der Waals surface area (Å²) in [6.45, 7) is 2.52. The second-order valence-electron chi connectivity index (χ2n) is 7.86. The molecule has 1 aliphatic carbocycles. The minimum atomic E-state index is 0.285. The average Bonchev–Trinajstić information content (AvgIpc) is 3.16. The van der Waals surface area contributed by atoms with Crippen LogP contribution in [0.25, 0.3) is 0 Å². The number of rotatable bonds is 6. The monoisotopic (exact) mass is 390 g/mol. The molecule has 0 amide bonds. The molecule has 2 aliphatic rings. The Morgan fingerprint density at radius 3 is 2.63 bits per heavy atom. The second kappa shape index (κ2) is 10.9. The summed E-state index contributed by atoms with van der Waals surface area (Å²) in [5.74, 6) is 0.892. The molecule has 3 rings (SSSR count). The van der Waals surface area contributed by atoms with Crippen LogP contribution in [0, 0.1) is 0 Å². The van der Waals surface area contributed by atoms with E-state index in [9.17, 15) is 0 Å². The van der Waals surface area contributed by atoms with E-state index in [-0.39, 0.29) is 6.10 Å². The molecule has 1 unspecified atom stereocenters. The zero-order chi connectivity index (χ0) is 18.9. The summed E-state index contributed by atoms with van der Waals surface area (Å²) in [6.07, 6.45) is 11.7. The van der Waals surface area contributed by atoms with E-state index in [0.29, 0.717) is 6.04 Å². The van der Waals surface area contributed by atoms with Crippen molar-refractivity contribution in [1.82, 2.24) is 10.2 Å². The third-order valence-corrected chi connectivity index (χ3v) is 6.05. The maximum absolute atomic E-state index is 5.89. The normalized spacial score (nSPS) is 21.3. The molecular formula is C22H34N2O2S. The molecule has 1 atom stereocenters. The third kappa shape index (κ3) is 6.65. The van der Waals surface area contributed by atoms with E-state index < -0.39 is 0 Å². The van der Waals surface area contributed by atoms with Gasteiger partial charge in [-0.15, -0.1) is 0 Å². The van der Waals surface area contributed by atoms with Crippen LogP contribution in [0.1, 0.15) is 63.4 Å². The lowest BCUT2D eigenvalue weighted by molar-refractivity contribution is 0.0895. The summed E-state index contributed by atoms with van der Waals surface area (Å²) in [6, 6.07) is 8.78. The highest BCUT2D eigenvalue weighted by Crippen LogP contribution is 2.20. The van der Waals surface area contributed by atoms with Crippen LogP contribution in [-0.4, -0.2) is 42.4 Å². The van der Waals surface area contributed by atoms with Gasteiger partial charge in [-0.05, 0) is 55.6 Å².